The molecule has 1 unspecified atom stereocenters. The highest BCUT2D eigenvalue weighted by atomic mass is 32.2. The van der Waals surface area contributed by atoms with Crippen molar-refractivity contribution in [2.75, 3.05) is 18.2 Å². The number of amides is 1. The van der Waals surface area contributed by atoms with E-state index in [4.69, 9.17) is 0 Å². The fourth-order valence-electron chi connectivity index (χ4n) is 1.61. The van der Waals surface area contributed by atoms with Crippen LogP contribution in [-0.2, 0) is 14.6 Å². The lowest BCUT2D eigenvalue weighted by Crippen LogP contribution is -2.31. The summed E-state index contributed by atoms with van der Waals surface area (Å²) in [6, 6.07) is 4.15. The van der Waals surface area contributed by atoms with Gasteiger partial charge in [-0.2, -0.15) is 13.2 Å². The quantitative estimate of drug-likeness (QED) is 0.859. The van der Waals surface area contributed by atoms with Crippen molar-refractivity contribution >= 4 is 42.4 Å². The topological polar surface area (TPSA) is 85.4 Å². The zero-order valence-electron chi connectivity index (χ0n) is 12.5. The van der Waals surface area contributed by atoms with Crippen LogP contribution < -0.4 is 10.1 Å². The standard InChI is InChI=1S/C13H13F3N2O4S2/c1-7(24(2,20)21)11(19)18-12-17-9-4-3-8(5-10(9)23-12)22-6-13(14,15)16/h3-5,7H,6H2,1-2H3,(H,17,18,19). The summed E-state index contributed by atoms with van der Waals surface area (Å²) in [4.78, 5) is 15.9. The van der Waals surface area contributed by atoms with Crippen molar-refractivity contribution in [3.05, 3.63) is 18.2 Å². The second-order valence-electron chi connectivity index (χ2n) is 5.01. The summed E-state index contributed by atoms with van der Waals surface area (Å²) in [6.07, 6.45) is -3.50. The molecule has 1 N–H and O–H groups in total. The van der Waals surface area contributed by atoms with Gasteiger partial charge in [0.2, 0.25) is 5.91 Å². The van der Waals surface area contributed by atoms with Crippen LogP contribution in [0.15, 0.2) is 18.2 Å². The van der Waals surface area contributed by atoms with E-state index in [0.29, 0.717) is 10.2 Å². The number of alkyl halides is 3. The molecule has 1 aromatic carbocycles. The third-order valence-corrected chi connectivity index (χ3v) is 5.44. The fourth-order valence-corrected chi connectivity index (χ4v) is 2.96. The number of sulfone groups is 1. The van der Waals surface area contributed by atoms with Gasteiger partial charge in [-0.25, -0.2) is 13.4 Å². The summed E-state index contributed by atoms with van der Waals surface area (Å²) in [5, 5.41) is 1.29. The van der Waals surface area contributed by atoms with Crippen LogP contribution in [0.3, 0.4) is 0 Å². The minimum Gasteiger partial charge on any atom is -0.484 e. The number of anilines is 1. The number of fused-ring (bicyclic) bond motifs is 1. The van der Waals surface area contributed by atoms with Crippen LogP contribution in [0.1, 0.15) is 6.92 Å². The van der Waals surface area contributed by atoms with E-state index in [0.717, 1.165) is 17.6 Å². The van der Waals surface area contributed by atoms with Gasteiger partial charge in [-0.3, -0.25) is 4.79 Å². The SMILES string of the molecule is CC(C(=O)Nc1nc2ccc(OCC(F)(F)F)cc2s1)S(C)(=O)=O. The maximum absolute atomic E-state index is 12.1. The number of nitrogens with one attached hydrogen (secondary N) is 1. The summed E-state index contributed by atoms with van der Waals surface area (Å²) in [5.41, 5.74) is 0.446. The summed E-state index contributed by atoms with van der Waals surface area (Å²) >= 11 is 1.00. The lowest BCUT2D eigenvalue weighted by molar-refractivity contribution is -0.153. The highest BCUT2D eigenvalue weighted by molar-refractivity contribution is 7.92. The molecule has 0 saturated heterocycles. The molecule has 0 saturated carbocycles. The van der Waals surface area contributed by atoms with E-state index in [-0.39, 0.29) is 10.9 Å². The molecule has 0 fully saturated rings. The van der Waals surface area contributed by atoms with E-state index in [1.165, 1.54) is 25.1 Å². The number of carbonyl (C=O) groups is 1. The first-order chi connectivity index (χ1) is 11.0. The number of thiazole rings is 1. The van der Waals surface area contributed by atoms with E-state index >= 15 is 0 Å². The highest BCUT2D eigenvalue weighted by Crippen LogP contribution is 2.30. The predicted molar refractivity (Wildman–Crippen MR) is 84.1 cm³/mol. The lowest BCUT2D eigenvalue weighted by Gasteiger charge is -2.08. The highest BCUT2D eigenvalue weighted by Gasteiger charge is 2.28. The van der Waals surface area contributed by atoms with Crippen molar-refractivity contribution in [3.63, 3.8) is 0 Å². The number of hydrogen-bond donors (Lipinski definition) is 1. The van der Waals surface area contributed by atoms with Crippen LogP contribution in [0.4, 0.5) is 18.3 Å². The minimum atomic E-state index is -4.44. The molecule has 11 heteroatoms. The molecule has 1 amide bonds. The number of hydrogen-bond acceptors (Lipinski definition) is 6. The summed E-state index contributed by atoms with van der Waals surface area (Å²) in [6.45, 7) is -0.159. The third kappa shape index (κ3) is 4.81. The lowest BCUT2D eigenvalue weighted by atomic mass is 10.3. The Kier molecular flexibility index (Phi) is 5.04. The number of nitrogens with zero attached hydrogens (tertiary/aromatic N) is 1. The van der Waals surface area contributed by atoms with Gasteiger partial charge >= 0.3 is 6.18 Å². The fraction of sp³-hybridized carbons (Fsp3) is 0.385. The Labute approximate surface area is 139 Å². The zero-order valence-corrected chi connectivity index (χ0v) is 14.2. The molecule has 6 nitrogen and oxygen atoms in total. The van der Waals surface area contributed by atoms with Gasteiger partial charge in [-0.1, -0.05) is 11.3 Å². The Hall–Kier alpha value is -1.88. The van der Waals surface area contributed by atoms with Crippen LogP contribution in [0, 0.1) is 0 Å². The van der Waals surface area contributed by atoms with E-state index in [9.17, 15) is 26.4 Å². The largest absolute Gasteiger partial charge is 0.484 e. The number of carbonyl (C=O) groups excluding carboxylic acids is 1. The van der Waals surface area contributed by atoms with Crippen molar-refractivity contribution < 1.29 is 31.1 Å². The molecule has 24 heavy (non-hydrogen) atoms. The molecule has 0 aliphatic heterocycles. The molecule has 1 atom stereocenters. The van der Waals surface area contributed by atoms with Crippen LogP contribution in [0.2, 0.25) is 0 Å². The monoisotopic (exact) mass is 382 g/mol. The van der Waals surface area contributed by atoms with Gasteiger partial charge in [0.15, 0.2) is 21.6 Å². The van der Waals surface area contributed by atoms with E-state index < -0.39 is 33.8 Å². The molecule has 0 spiro atoms. The molecule has 1 heterocycles. The Morgan fingerprint density at radius 3 is 2.67 bits per heavy atom. The number of aromatic nitrogens is 1. The predicted octanol–water partition coefficient (Wildman–Crippen LogP) is 2.61. The van der Waals surface area contributed by atoms with Gasteiger partial charge in [0, 0.05) is 6.26 Å². The van der Waals surface area contributed by atoms with Crippen LogP contribution in [0.5, 0.6) is 5.75 Å². The Morgan fingerprint density at radius 2 is 2.08 bits per heavy atom. The van der Waals surface area contributed by atoms with E-state index in [1.807, 2.05) is 0 Å². The molecule has 0 radical (unpaired) electrons. The number of rotatable bonds is 5. The second kappa shape index (κ2) is 6.55. The van der Waals surface area contributed by atoms with Crippen molar-refractivity contribution in [1.82, 2.24) is 4.98 Å². The molecule has 1 aromatic heterocycles. The smallest absolute Gasteiger partial charge is 0.422 e. The van der Waals surface area contributed by atoms with Crippen molar-refractivity contribution in [1.29, 1.82) is 0 Å². The van der Waals surface area contributed by atoms with Crippen LogP contribution in [0.25, 0.3) is 10.2 Å². The third-order valence-electron chi connectivity index (χ3n) is 3.00. The summed E-state index contributed by atoms with van der Waals surface area (Å²) < 4.78 is 64.3. The molecular weight excluding hydrogens is 369 g/mol. The molecule has 0 aliphatic rings. The van der Waals surface area contributed by atoms with E-state index in [1.54, 1.807) is 0 Å². The maximum atomic E-state index is 12.1. The number of halogens is 3. The average molecular weight is 382 g/mol. The van der Waals surface area contributed by atoms with Gasteiger partial charge in [0.05, 0.1) is 10.2 Å². The minimum absolute atomic E-state index is 0.0193. The van der Waals surface area contributed by atoms with Gasteiger partial charge in [-0.05, 0) is 25.1 Å². The summed E-state index contributed by atoms with van der Waals surface area (Å²) in [7, 11) is -3.54. The molecular formula is C13H13F3N2O4S2. The first-order valence-electron chi connectivity index (χ1n) is 6.55. The van der Waals surface area contributed by atoms with Gasteiger partial charge in [0.1, 0.15) is 11.0 Å². The molecule has 0 bridgehead atoms. The summed E-state index contributed by atoms with van der Waals surface area (Å²) in [5.74, 6) is -0.712. The molecule has 0 aliphatic carbocycles. The Balaban J connectivity index is 2.15. The normalized spacial score (nSPS) is 13.7. The first-order valence-corrected chi connectivity index (χ1v) is 9.33. The van der Waals surface area contributed by atoms with Gasteiger partial charge in [-0.15, -0.1) is 0 Å². The number of benzene rings is 1. The Bertz CT molecular complexity index is 862. The number of ether oxygens (including phenoxy) is 1. The Morgan fingerprint density at radius 1 is 1.42 bits per heavy atom. The van der Waals surface area contributed by atoms with Gasteiger partial charge in [0.25, 0.3) is 0 Å². The average Bonchev–Trinajstić information content (AvgIpc) is 2.83. The first kappa shape index (κ1) is 18.5. The maximum Gasteiger partial charge on any atom is 0.422 e. The van der Waals surface area contributed by atoms with Crippen LogP contribution >= 0.6 is 11.3 Å². The van der Waals surface area contributed by atoms with Crippen LogP contribution in [-0.4, -0.2) is 43.6 Å². The molecule has 132 valence electrons. The second-order valence-corrected chi connectivity index (χ2v) is 8.41. The van der Waals surface area contributed by atoms with Crippen molar-refractivity contribution in [3.8, 4) is 5.75 Å². The molecule has 2 rings (SSSR count). The molecule has 2 aromatic rings. The van der Waals surface area contributed by atoms with E-state index in [2.05, 4.69) is 15.0 Å². The zero-order chi connectivity index (χ0) is 18.1. The van der Waals surface area contributed by atoms with Gasteiger partial charge < -0.3 is 10.1 Å². The van der Waals surface area contributed by atoms with Crippen molar-refractivity contribution in [2.24, 2.45) is 0 Å². The van der Waals surface area contributed by atoms with Crippen molar-refractivity contribution in [2.45, 2.75) is 18.3 Å².